The highest BCUT2D eigenvalue weighted by molar-refractivity contribution is 5.91. The zero-order valence-electron chi connectivity index (χ0n) is 18.3. The zero-order valence-corrected chi connectivity index (χ0v) is 18.3. The van der Waals surface area contributed by atoms with Crippen LogP contribution < -0.4 is 0 Å². The van der Waals surface area contributed by atoms with Crippen LogP contribution in [-0.4, -0.2) is 74.1 Å². The van der Waals surface area contributed by atoms with E-state index in [4.69, 9.17) is 9.47 Å². The minimum atomic E-state index is -1.81. The van der Waals surface area contributed by atoms with Crippen molar-refractivity contribution < 1.29 is 44.6 Å². The summed E-state index contributed by atoms with van der Waals surface area (Å²) < 4.78 is 11.1. The van der Waals surface area contributed by atoms with Crippen LogP contribution in [0.5, 0.6) is 5.75 Å². The van der Waals surface area contributed by atoms with Crippen LogP contribution in [0.4, 0.5) is 0 Å². The smallest absolute Gasteiger partial charge is 0.335 e. The standard InChI is InChI=1S/C24H30O9/c1-24-7-6-13-12-5-3-11(25)8-10(12)2-4-14(13)15(24)9-16(21(24)29)32-23-19(28)17(26)18(27)20(33-23)22(30)31/h3,5,8,13-20,23,25-28H,2,4,6-7,9H2,1H3,(H,30,31)/t13?,14?,15?,16?,17-,18-,19+,20-,23+,24?/m0/s1. The highest BCUT2D eigenvalue weighted by Crippen LogP contribution is 2.60. The van der Waals surface area contributed by atoms with E-state index in [0.717, 1.165) is 24.8 Å². The molecule has 4 aliphatic rings. The molecule has 0 radical (unpaired) electrons. The number of carboxylic acid groups (broad SMARTS) is 1. The maximum absolute atomic E-state index is 13.4. The van der Waals surface area contributed by atoms with Crippen molar-refractivity contribution in [3.63, 3.8) is 0 Å². The van der Waals surface area contributed by atoms with Crippen LogP contribution in [0.1, 0.15) is 49.7 Å². The summed E-state index contributed by atoms with van der Waals surface area (Å²) in [7, 11) is 0. The van der Waals surface area contributed by atoms with Crippen molar-refractivity contribution >= 4 is 11.8 Å². The number of ketones is 1. The summed E-state index contributed by atoms with van der Waals surface area (Å²) in [6.07, 6.45) is -5.76. The molecule has 1 heterocycles. The van der Waals surface area contributed by atoms with Crippen LogP contribution in [0.25, 0.3) is 0 Å². The molecule has 9 nitrogen and oxygen atoms in total. The molecule has 0 aromatic heterocycles. The summed E-state index contributed by atoms with van der Waals surface area (Å²) in [6, 6.07) is 5.52. The summed E-state index contributed by atoms with van der Waals surface area (Å²) in [4.78, 5) is 24.8. The highest BCUT2D eigenvalue weighted by atomic mass is 16.7. The second kappa shape index (κ2) is 8.02. The lowest BCUT2D eigenvalue weighted by molar-refractivity contribution is -0.301. The average Bonchev–Trinajstić information content (AvgIpc) is 3.03. The summed E-state index contributed by atoms with van der Waals surface area (Å²) in [5.74, 6) is -0.697. The van der Waals surface area contributed by atoms with Crippen LogP contribution >= 0.6 is 0 Å². The van der Waals surface area contributed by atoms with Gasteiger partial charge in [0.15, 0.2) is 18.2 Å². The first kappa shape index (κ1) is 22.7. The van der Waals surface area contributed by atoms with Gasteiger partial charge in [-0.2, -0.15) is 0 Å². The second-order valence-corrected chi connectivity index (χ2v) is 10.2. The quantitative estimate of drug-likeness (QED) is 0.437. The van der Waals surface area contributed by atoms with Gasteiger partial charge in [0.25, 0.3) is 0 Å². The van der Waals surface area contributed by atoms with Gasteiger partial charge in [-0.1, -0.05) is 13.0 Å². The first-order valence-electron chi connectivity index (χ1n) is 11.6. The highest BCUT2D eigenvalue weighted by Gasteiger charge is 2.60. The molecule has 3 fully saturated rings. The minimum absolute atomic E-state index is 0.0576. The van der Waals surface area contributed by atoms with Crippen LogP contribution in [0.3, 0.4) is 0 Å². The Balaban J connectivity index is 1.36. The van der Waals surface area contributed by atoms with E-state index >= 15 is 0 Å². The maximum atomic E-state index is 13.4. The summed E-state index contributed by atoms with van der Waals surface area (Å²) >= 11 is 0. The number of ether oxygens (including phenoxy) is 2. The van der Waals surface area contributed by atoms with Gasteiger partial charge in [0, 0.05) is 5.41 Å². The largest absolute Gasteiger partial charge is 0.508 e. The van der Waals surface area contributed by atoms with E-state index in [2.05, 4.69) is 0 Å². The lowest BCUT2D eigenvalue weighted by Crippen LogP contribution is -2.61. The lowest BCUT2D eigenvalue weighted by atomic mass is 9.55. The van der Waals surface area contributed by atoms with Crippen molar-refractivity contribution in [2.75, 3.05) is 0 Å². The first-order chi connectivity index (χ1) is 15.6. The number of aliphatic hydroxyl groups is 3. The number of carboxylic acids is 1. The number of aromatic hydroxyl groups is 1. The Bertz CT molecular complexity index is 963. The average molecular weight is 462 g/mol. The number of Topliss-reactive ketones (excluding diaryl/α,β-unsaturated/α-hetero) is 1. The molecule has 9 heteroatoms. The Labute approximate surface area is 190 Å². The number of carbonyl (C=O) groups is 2. The molecular formula is C24H30O9. The molecule has 0 bridgehead atoms. The monoisotopic (exact) mass is 462 g/mol. The fourth-order valence-electron chi connectivity index (χ4n) is 6.78. The number of aliphatic carboxylic acids is 1. The molecule has 33 heavy (non-hydrogen) atoms. The van der Waals surface area contributed by atoms with Crippen LogP contribution in [0, 0.1) is 17.3 Å². The molecule has 1 saturated heterocycles. The Morgan fingerprint density at radius 2 is 1.91 bits per heavy atom. The van der Waals surface area contributed by atoms with Gasteiger partial charge in [-0.15, -0.1) is 0 Å². The maximum Gasteiger partial charge on any atom is 0.335 e. The number of phenols is 1. The number of aliphatic hydroxyl groups excluding tert-OH is 3. The summed E-state index contributed by atoms with van der Waals surface area (Å²) in [6.45, 7) is 1.96. The van der Waals surface area contributed by atoms with Crippen LogP contribution in [-0.2, 0) is 25.5 Å². The van der Waals surface area contributed by atoms with E-state index in [9.17, 15) is 35.1 Å². The molecule has 0 spiro atoms. The van der Waals surface area contributed by atoms with E-state index in [1.54, 1.807) is 6.07 Å². The summed E-state index contributed by atoms with van der Waals surface area (Å²) in [5, 5.41) is 49.4. The van der Waals surface area contributed by atoms with Gasteiger partial charge >= 0.3 is 5.97 Å². The van der Waals surface area contributed by atoms with Gasteiger partial charge in [0.05, 0.1) is 0 Å². The number of hydrogen-bond donors (Lipinski definition) is 5. The molecule has 3 aliphatic carbocycles. The molecule has 1 aromatic carbocycles. The first-order valence-corrected chi connectivity index (χ1v) is 11.6. The lowest BCUT2D eigenvalue weighted by Gasteiger charge is -2.48. The van der Waals surface area contributed by atoms with Crippen molar-refractivity contribution in [2.45, 2.75) is 81.8 Å². The molecular weight excluding hydrogens is 432 g/mol. The van der Waals surface area contributed by atoms with Gasteiger partial charge in [0.2, 0.25) is 0 Å². The van der Waals surface area contributed by atoms with Crippen molar-refractivity contribution in [1.82, 2.24) is 0 Å². The summed E-state index contributed by atoms with van der Waals surface area (Å²) in [5.41, 5.74) is 1.79. The normalized spacial score (nSPS) is 44.6. The number of phenolic OH excluding ortho intramolecular Hbond substituents is 1. The van der Waals surface area contributed by atoms with E-state index in [0.29, 0.717) is 18.8 Å². The van der Waals surface area contributed by atoms with Crippen molar-refractivity contribution in [1.29, 1.82) is 0 Å². The molecule has 0 amide bonds. The molecule has 5 rings (SSSR count). The van der Waals surface area contributed by atoms with Gasteiger partial charge in [-0.25, -0.2) is 4.79 Å². The molecule has 1 aromatic rings. The number of aryl methyl sites for hydroxylation is 1. The molecule has 5 unspecified atom stereocenters. The third-order valence-electron chi connectivity index (χ3n) is 8.53. The predicted octanol–water partition coefficient (Wildman–Crippen LogP) is 0.705. The fraction of sp³-hybridized carbons (Fsp3) is 0.667. The predicted molar refractivity (Wildman–Crippen MR) is 112 cm³/mol. The number of benzene rings is 1. The van der Waals surface area contributed by atoms with E-state index in [1.807, 2.05) is 19.1 Å². The van der Waals surface area contributed by atoms with Crippen LogP contribution in [0.15, 0.2) is 18.2 Å². The number of hydrogen-bond acceptors (Lipinski definition) is 8. The molecule has 180 valence electrons. The molecule has 2 saturated carbocycles. The van der Waals surface area contributed by atoms with E-state index in [-0.39, 0.29) is 23.4 Å². The Morgan fingerprint density at radius 3 is 2.64 bits per heavy atom. The van der Waals surface area contributed by atoms with Crippen molar-refractivity contribution in [3.8, 4) is 5.75 Å². The van der Waals surface area contributed by atoms with Gasteiger partial charge in [0.1, 0.15) is 30.2 Å². The van der Waals surface area contributed by atoms with Gasteiger partial charge < -0.3 is 35.0 Å². The number of fused-ring (bicyclic) bond motifs is 5. The van der Waals surface area contributed by atoms with E-state index < -0.39 is 48.2 Å². The molecule has 1 aliphatic heterocycles. The van der Waals surface area contributed by atoms with Crippen molar-refractivity contribution in [3.05, 3.63) is 29.3 Å². The number of carbonyl (C=O) groups excluding carboxylic acids is 1. The van der Waals surface area contributed by atoms with E-state index in [1.165, 1.54) is 5.56 Å². The Kier molecular flexibility index (Phi) is 5.53. The van der Waals surface area contributed by atoms with Crippen molar-refractivity contribution in [2.24, 2.45) is 17.3 Å². The molecule has 5 N–H and O–H groups in total. The third-order valence-corrected chi connectivity index (χ3v) is 8.53. The Hall–Kier alpha value is -2.04. The minimum Gasteiger partial charge on any atom is -0.508 e. The SMILES string of the molecule is CC12CCC3c4ccc(O)cc4CCC3C1CC(O[C@@H]1O[C@H](C(=O)O)[C@@H](O)[C@H](O)[C@H]1O)C2=O. The molecule has 10 atom stereocenters. The van der Waals surface area contributed by atoms with Gasteiger partial charge in [-0.05, 0) is 73.1 Å². The third kappa shape index (κ3) is 3.49. The second-order valence-electron chi connectivity index (χ2n) is 10.2. The fourth-order valence-corrected chi connectivity index (χ4v) is 6.78. The van der Waals surface area contributed by atoms with Crippen LogP contribution in [0.2, 0.25) is 0 Å². The zero-order chi connectivity index (χ0) is 23.7. The Morgan fingerprint density at radius 1 is 1.15 bits per heavy atom. The topological polar surface area (TPSA) is 154 Å². The number of rotatable bonds is 3. The van der Waals surface area contributed by atoms with Gasteiger partial charge in [-0.3, -0.25) is 4.79 Å².